The molecular weight excluding hydrogens is 287 g/mol. The lowest BCUT2D eigenvalue weighted by Crippen LogP contribution is -2.43. The summed E-state index contributed by atoms with van der Waals surface area (Å²) in [5.74, 6) is -0.855. The molecule has 0 fully saturated rings. The molecule has 1 rings (SSSR count). The van der Waals surface area contributed by atoms with Crippen LogP contribution in [0.3, 0.4) is 0 Å². The standard InChI is InChI=1S/C16H23FN2O3/c1-4-6-7-14(15(20)22-5-2)19-16(21)18-12-9-8-11(3)13(17)10-12/h8-10,14H,4-7H2,1-3H3,(H2,18,19,21). The number of benzene rings is 1. The number of carbonyl (C=O) groups is 2. The van der Waals surface area contributed by atoms with Gasteiger partial charge < -0.3 is 15.4 Å². The number of hydrogen-bond donors (Lipinski definition) is 2. The molecule has 1 unspecified atom stereocenters. The zero-order valence-corrected chi connectivity index (χ0v) is 13.2. The van der Waals surface area contributed by atoms with Crippen molar-refractivity contribution in [3.05, 3.63) is 29.6 Å². The summed E-state index contributed by atoms with van der Waals surface area (Å²) in [6, 6.07) is 3.15. The molecule has 1 aromatic carbocycles. The summed E-state index contributed by atoms with van der Waals surface area (Å²) in [5, 5.41) is 5.09. The van der Waals surface area contributed by atoms with Crippen molar-refractivity contribution in [2.24, 2.45) is 0 Å². The van der Waals surface area contributed by atoms with E-state index in [9.17, 15) is 14.0 Å². The molecule has 122 valence electrons. The topological polar surface area (TPSA) is 67.4 Å². The monoisotopic (exact) mass is 310 g/mol. The Bertz CT molecular complexity index is 520. The van der Waals surface area contributed by atoms with Gasteiger partial charge in [-0.25, -0.2) is 14.0 Å². The van der Waals surface area contributed by atoms with Gasteiger partial charge in [0.1, 0.15) is 11.9 Å². The van der Waals surface area contributed by atoms with E-state index in [-0.39, 0.29) is 6.61 Å². The van der Waals surface area contributed by atoms with Crippen LogP contribution in [0.1, 0.15) is 38.7 Å². The number of amides is 2. The summed E-state index contributed by atoms with van der Waals surface area (Å²) in [4.78, 5) is 23.7. The molecule has 0 radical (unpaired) electrons. The lowest BCUT2D eigenvalue weighted by Gasteiger charge is -2.17. The van der Waals surface area contributed by atoms with Gasteiger partial charge >= 0.3 is 12.0 Å². The number of esters is 1. The second-order valence-electron chi connectivity index (χ2n) is 5.01. The first-order valence-corrected chi connectivity index (χ1v) is 7.48. The van der Waals surface area contributed by atoms with E-state index in [1.165, 1.54) is 6.07 Å². The molecule has 0 aromatic heterocycles. The number of urea groups is 1. The number of hydrogen-bond acceptors (Lipinski definition) is 3. The molecule has 0 aliphatic rings. The Morgan fingerprint density at radius 1 is 1.32 bits per heavy atom. The molecule has 1 aromatic rings. The maximum absolute atomic E-state index is 13.4. The Kier molecular flexibility index (Phi) is 7.36. The van der Waals surface area contributed by atoms with Crippen LogP contribution in [-0.2, 0) is 9.53 Å². The normalized spacial score (nSPS) is 11.6. The Hall–Kier alpha value is -2.11. The summed E-state index contributed by atoms with van der Waals surface area (Å²) < 4.78 is 18.4. The fourth-order valence-electron chi connectivity index (χ4n) is 1.90. The number of rotatable bonds is 7. The van der Waals surface area contributed by atoms with Crippen molar-refractivity contribution in [1.29, 1.82) is 0 Å². The molecule has 6 heteroatoms. The van der Waals surface area contributed by atoms with E-state index in [1.54, 1.807) is 26.0 Å². The molecule has 0 spiro atoms. The van der Waals surface area contributed by atoms with Crippen molar-refractivity contribution < 1.29 is 18.7 Å². The van der Waals surface area contributed by atoms with E-state index < -0.39 is 23.9 Å². The van der Waals surface area contributed by atoms with Crippen LogP contribution in [0.2, 0.25) is 0 Å². The molecule has 0 bridgehead atoms. The van der Waals surface area contributed by atoms with E-state index in [2.05, 4.69) is 10.6 Å². The SMILES string of the molecule is CCCCC(NC(=O)Nc1ccc(C)c(F)c1)C(=O)OCC. The highest BCUT2D eigenvalue weighted by atomic mass is 19.1. The fraction of sp³-hybridized carbons (Fsp3) is 0.500. The molecule has 5 nitrogen and oxygen atoms in total. The number of halogens is 1. The van der Waals surface area contributed by atoms with Crippen molar-refractivity contribution >= 4 is 17.7 Å². The molecule has 0 aliphatic carbocycles. The number of unbranched alkanes of at least 4 members (excludes halogenated alkanes) is 1. The van der Waals surface area contributed by atoms with Crippen LogP contribution in [0, 0.1) is 12.7 Å². The first-order chi connectivity index (χ1) is 10.5. The van der Waals surface area contributed by atoms with Crippen molar-refractivity contribution in [1.82, 2.24) is 5.32 Å². The minimum atomic E-state index is -0.699. The number of carbonyl (C=O) groups excluding carboxylic acids is 2. The Morgan fingerprint density at radius 2 is 2.05 bits per heavy atom. The molecule has 2 N–H and O–H groups in total. The molecule has 0 saturated carbocycles. The third-order valence-electron chi connectivity index (χ3n) is 3.15. The summed E-state index contributed by atoms with van der Waals surface area (Å²) in [6.07, 6.45) is 2.20. The van der Waals surface area contributed by atoms with Gasteiger partial charge in [-0.3, -0.25) is 0 Å². The Balaban J connectivity index is 2.65. The van der Waals surface area contributed by atoms with Gasteiger partial charge in [0.05, 0.1) is 6.61 Å². The fourth-order valence-corrected chi connectivity index (χ4v) is 1.90. The van der Waals surface area contributed by atoms with Gasteiger partial charge in [0.2, 0.25) is 0 Å². The van der Waals surface area contributed by atoms with E-state index in [1.807, 2.05) is 6.92 Å². The van der Waals surface area contributed by atoms with Gasteiger partial charge in [-0.2, -0.15) is 0 Å². The van der Waals surface area contributed by atoms with Gasteiger partial charge in [-0.1, -0.05) is 25.8 Å². The average Bonchev–Trinajstić information content (AvgIpc) is 2.47. The van der Waals surface area contributed by atoms with Crippen LogP contribution in [-0.4, -0.2) is 24.6 Å². The first-order valence-electron chi connectivity index (χ1n) is 7.48. The second-order valence-corrected chi connectivity index (χ2v) is 5.01. The van der Waals surface area contributed by atoms with E-state index in [0.717, 1.165) is 12.8 Å². The molecule has 0 heterocycles. The zero-order chi connectivity index (χ0) is 16.5. The van der Waals surface area contributed by atoms with Crippen LogP contribution in [0.15, 0.2) is 18.2 Å². The largest absolute Gasteiger partial charge is 0.464 e. The lowest BCUT2D eigenvalue weighted by molar-refractivity contribution is -0.145. The zero-order valence-electron chi connectivity index (χ0n) is 13.2. The summed E-state index contributed by atoms with van der Waals surface area (Å²) in [7, 11) is 0. The highest BCUT2D eigenvalue weighted by Gasteiger charge is 2.21. The lowest BCUT2D eigenvalue weighted by atomic mass is 10.1. The molecule has 2 amide bonds. The van der Waals surface area contributed by atoms with Crippen molar-refractivity contribution in [2.45, 2.75) is 46.1 Å². The molecular formula is C16H23FN2O3. The molecule has 0 aliphatic heterocycles. The number of anilines is 1. The van der Waals surface area contributed by atoms with E-state index >= 15 is 0 Å². The van der Waals surface area contributed by atoms with Crippen molar-refractivity contribution in [3.8, 4) is 0 Å². The van der Waals surface area contributed by atoms with Crippen LogP contribution in [0.4, 0.5) is 14.9 Å². The average molecular weight is 310 g/mol. The predicted octanol–water partition coefficient (Wildman–Crippen LogP) is 3.38. The Labute approximate surface area is 130 Å². The number of ether oxygens (including phenoxy) is 1. The van der Waals surface area contributed by atoms with Crippen LogP contribution < -0.4 is 10.6 Å². The maximum Gasteiger partial charge on any atom is 0.328 e. The number of aryl methyl sites for hydroxylation is 1. The third-order valence-corrected chi connectivity index (χ3v) is 3.15. The van der Waals surface area contributed by atoms with Crippen molar-refractivity contribution in [2.75, 3.05) is 11.9 Å². The van der Waals surface area contributed by atoms with E-state index in [0.29, 0.717) is 17.7 Å². The summed E-state index contributed by atoms with van der Waals surface area (Å²) in [6.45, 7) is 5.61. The molecule has 1 atom stereocenters. The maximum atomic E-state index is 13.4. The van der Waals surface area contributed by atoms with Gasteiger partial charge in [-0.05, 0) is 38.0 Å². The quantitative estimate of drug-likeness (QED) is 0.759. The van der Waals surface area contributed by atoms with Crippen LogP contribution in [0.25, 0.3) is 0 Å². The minimum absolute atomic E-state index is 0.258. The van der Waals surface area contributed by atoms with Crippen LogP contribution in [0.5, 0.6) is 0 Å². The highest BCUT2D eigenvalue weighted by molar-refractivity contribution is 5.92. The van der Waals surface area contributed by atoms with Crippen molar-refractivity contribution in [3.63, 3.8) is 0 Å². The Morgan fingerprint density at radius 3 is 2.64 bits per heavy atom. The minimum Gasteiger partial charge on any atom is -0.464 e. The number of nitrogens with one attached hydrogen (secondary N) is 2. The summed E-state index contributed by atoms with van der Waals surface area (Å²) in [5.41, 5.74) is 0.831. The van der Waals surface area contributed by atoms with E-state index in [4.69, 9.17) is 4.74 Å². The van der Waals surface area contributed by atoms with Gasteiger partial charge in [0.15, 0.2) is 0 Å². The summed E-state index contributed by atoms with van der Waals surface area (Å²) >= 11 is 0. The third kappa shape index (κ3) is 5.71. The van der Waals surface area contributed by atoms with Crippen LogP contribution >= 0.6 is 0 Å². The molecule has 22 heavy (non-hydrogen) atoms. The first kappa shape index (κ1) is 17.9. The van der Waals surface area contributed by atoms with Gasteiger partial charge in [0, 0.05) is 5.69 Å². The second kappa shape index (κ2) is 9.02. The van der Waals surface area contributed by atoms with Gasteiger partial charge in [-0.15, -0.1) is 0 Å². The smallest absolute Gasteiger partial charge is 0.328 e. The molecule has 0 saturated heterocycles. The van der Waals surface area contributed by atoms with Gasteiger partial charge in [0.25, 0.3) is 0 Å². The highest BCUT2D eigenvalue weighted by Crippen LogP contribution is 2.13. The predicted molar refractivity (Wildman–Crippen MR) is 83.2 cm³/mol.